The second kappa shape index (κ2) is 12.1. The summed E-state index contributed by atoms with van der Waals surface area (Å²) in [6.07, 6.45) is 4.55. The highest BCUT2D eigenvalue weighted by molar-refractivity contribution is 5.96. The lowest BCUT2D eigenvalue weighted by molar-refractivity contribution is 0.0536. The summed E-state index contributed by atoms with van der Waals surface area (Å²) >= 11 is 0. The minimum Gasteiger partial charge on any atom is -0.493 e. The van der Waals surface area contributed by atoms with Gasteiger partial charge in [0.15, 0.2) is 5.65 Å². The predicted octanol–water partition coefficient (Wildman–Crippen LogP) is 3.79. The molecule has 0 aliphatic carbocycles. The number of fused-ring (bicyclic) bond motifs is 1. The molecule has 0 spiro atoms. The van der Waals surface area contributed by atoms with Gasteiger partial charge < -0.3 is 19.4 Å². The zero-order valence-electron chi connectivity index (χ0n) is 21.0. The molecular weight excluding hydrogens is 474 g/mol. The molecule has 4 aromatic rings. The zero-order chi connectivity index (χ0) is 26.2. The van der Waals surface area contributed by atoms with E-state index in [1.54, 1.807) is 11.7 Å². The molecule has 0 saturated heterocycles. The molecule has 0 saturated carbocycles. The van der Waals surface area contributed by atoms with E-state index in [4.69, 9.17) is 14.3 Å². The molecule has 10 nitrogen and oxygen atoms in total. The first-order valence-electron chi connectivity index (χ1n) is 11.9. The summed E-state index contributed by atoms with van der Waals surface area (Å²) in [5, 5.41) is 3.37. The van der Waals surface area contributed by atoms with Gasteiger partial charge in [-0.3, -0.25) is 14.4 Å². The highest BCUT2D eigenvalue weighted by Gasteiger charge is 2.18. The van der Waals surface area contributed by atoms with E-state index in [0.717, 1.165) is 29.8 Å². The van der Waals surface area contributed by atoms with Crippen LogP contribution in [-0.4, -0.2) is 47.9 Å². The molecule has 0 radical (unpaired) electrons. The van der Waals surface area contributed by atoms with Crippen LogP contribution in [0.5, 0.6) is 5.75 Å². The van der Waals surface area contributed by atoms with E-state index in [-0.39, 0.29) is 16.9 Å². The van der Waals surface area contributed by atoms with Crippen LogP contribution < -0.4 is 21.0 Å². The SMILES string of the molecule is CCc1ccc(-n2cc(C(=O)NOC)c(=O)c3cnc(Nc4cccc(OCCCOC)c4)nc32)cc1. The van der Waals surface area contributed by atoms with Crippen molar-refractivity contribution in [1.82, 2.24) is 20.0 Å². The first-order chi connectivity index (χ1) is 18.0. The highest BCUT2D eigenvalue weighted by Crippen LogP contribution is 2.22. The predicted molar refractivity (Wildman–Crippen MR) is 141 cm³/mol. The molecule has 0 fully saturated rings. The van der Waals surface area contributed by atoms with Gasteiger partial charge >= 0.3 is 0 Å². The average Bonchev–Trinajstić information content (AvgIpc) is 2.92. The summed E-state index contributed by atoms with van der Waals surface area (Å²) in [6.45, 7) is 3.23. The van der Waals surface area contributed by atoms with Crippen molar-refractivity contribution in [3.8, 4) is 11.4 Å². The van der Waals surface area contributed by atoms with Crippen molar-refractivity contribution in [3.05, 3.63) is 82.3 Å². The van der Waals surface area contributed by atoms with Crippen molar-refractivity contribution >= 4 is 28.6 Å². The standard InChI is InChI=1S/C27H29N5O5/c1-4-18-9-11-20(12-10-18)32-17-23(26(34)31-36-3)24(33)22-16-28-27(30-25(22)32)29-19-7-5-8-21(15-19)37-14-6-13-35-2/h5,7-12,15-17H,4,6,13-14H2,1-3H3,(H,31,34)(H,28,29,30). The number of benzene rings is 2. The molecule has 2 aromatic carbocycles. The number of ether oxygens (including phenoxy) is 2. The van der Waals surface area contributed by atoms with Crippen LogP contribution in [0.3, 0.4) is 0 Å². The van der Waals surface area contributed by atoms with Crippen LogP contribution in [0.25, 0.3) is 16.7 Å². The Bertz CT molecular complexity index is 1440. The van der Waals surface area contributed by atoms with Crippen LogP contribution in [0, 0.1) is 0 Å². The van der Waals surface area contributed by atoms with Gasteiger partial charge in [-0.15, -0.1) is 0 Å². The quantitative estimate of drug-likeness (QED) is 0.235. The van der Waals surface area contributed by atoms with Crippen LogP contribution >= 0.6 is 0 Å². The highest BCUT2D eigenvalue weighted by atomic mass is 16.6. The molecule has 0 aliphatic heterocycles. The molecule has 4 rings (SSSR count). The summed E-state index contributed by atoms with van der Waals surface area (Å²) in [5.41, 5.74) is 4.61. The molecule has 2 heterocycles. The van der Waals surface area contributed by atoms with E-state index in [1.807, 2.05) is 48.5 Å². The van der Waals surface area contributed by atoms with Crippen molar-refractivity contribution in [2.24, 2.45) is 0 Å². The van der Waals surface area contributed by atoms with Gasteiger partial charge in [0.1, 0.15) is 11.3 Å². The smallest absolute Gasteiger partial charge is 0.280 e. The molecule has 2 aromatic heterocycles. The van der Waals surface area contributed by atoms with E-state index in [2.05, 4.69) is 27.7 Å². The number of aromatic nitrogens is 3. The molecule has 0 aliphatic rings. The topological polar surface area (TPSA) is 117 Å². The van der Waals surface area contributed by atoms with Gasteiger partial charge in [-0.05, 0) is 36.2 Å². The monoisotopic (exact) mass is 503 g/mol. The van der Waals surface area contributed by atoms with Gasteiger partial charge in [0.05, 0.1) is 19.1 Å². The van der Waals surface area contributed by atoms with E-state index < -0.39 is 11.3 Å². The van der Waals surface area contributed by atoms with Crippen LogP contribution in [-0.2, 0) is 16.0 Å². The Morgan fingerprint density at radius 3 is 2.62 bits per heavy atom. The Morgan fingerprint density at radius 1 is 1.08 bits per heavy atom. The number of nitrogens with one attached hydrogen (secondary N) is 2. The molecule has 0 unspecified atom stereocenters. The summed E-state index contributed by atoms with van der Waals surface area (Å²) < 4.78 is 12.5. The Morgan fingerprint density at radius 2 is 1.89 bits per heavy atom. The molecule has 37 heavy (non-hydrogen) atoms. The number of hydrogen-bond acceptors (Lipinski definition) is 8. The third-order valence-electron chi connectivity index (χ3n) is 5.66. The average molecular weight is 504 g/mol. The molecule has 0 bridgehead atoms. The lowest BCUT2D eigenvalue weighted by Gasteiger charge is -2.14. The fourth-order valence-corrected chi connectivity index (χ4v) is 3.76. The molecular formula is C27H29N5O5. The van der Waals surface area contributed by atoms with Gasteiger partial charge in [0.25, 0.3) is 5.91 Å². The maximum Gasteiger partial charge on any atom is 0.280 e. The molecule has 0 atom stereocenters. The zero-order valence-corrected chi connectivity index (χ0v) is 21.0. The number of nitrogens with zero attached hydrogens (tertiary/aromatic N) is 3. The number of hydroxylamine groups is 1. The van der Waals surface area contributed by atoms with Crippen molar-refractivity contribution in [2.75, 3.05) is 32.8 Å². The van der Waals surface area contributed by atoms with Crippen LogP contribution in [0.2, 0.25) is 0 Å². The van der Waals surface area contributed by atoms with Crippen molar-refractivity contribution in [2.45, 2.75) is 19.8 Å². The summed E-state index contributed by atoms with van der Waals surface area (Å²) in [6, 6.07) is 15.3. The van der Waals surface area contributed by atoms with Gasteiger partial charge in [0, 0.05) is 50.0 Å². The maximum absolute atomic E-state index is 13.1. The van der Waals surface area contributed by atoms with E-state index in [9.17, 15) is 9.59 Å². The first kappa shape index (κ1) is 25.8. The minimum absolute atomic E-state index is 0.0865. The molecule has 10 heteroatoms. The third-order valence-corrected chi connectivity index (χ3v) is 5.66. The summed E-state index contributed by atoms with van der Waals surface area (Å²) in [4.78, 5) is 39.4. The summed E-state index contributed by atoms with van der Waals surface area (Å²) in [7, 11) is 2.96. The first-order valence-corrected chi connectivity index (χ1v) is 11.9. The Kier molecular flexibility index (Phi) is 8.44. The summed E-state index contributed by atoms with van der Waals surface area (Å²) in [5.74, 6) is 0.331. The van der Waals surface area contributed by atoms with Gasteiger partial charge in [0.2, 0.25) is 11.4 Å². The Labute approximate surface area is 214 Å². The van der Waals surface area contributed by atoms with Gasteiger partial charge in [-0.2, -0.15) is 4.98 Å². The number of aryl methyl sites for hydroxylation is 1. The Hall–Kier alpha value is -4.28. The number of hydrogen-bond donors (Lipinski definition) is 2. The van der Waals surface area contributed by atoms with Crippen molar-refractivity contribution in [1.29, 1.82) is 0 Å². The van der Waals surface area contributed by atoms with E-state index in [0.29, 0.717) is 24.6 Å². The lowest BCUT2D eigenvalue weighted by atomic mass is 10.1. The number of amides is 1. The van der Waals surface area contributed by atoms with Crippen molar-refractivity contribution in [3.63, 3.8) is 0 Å². The second-order valence-corrected chi connectivity index (χ2v) is 8.18. The number of carbonyl (C=O) groups is 1. The second-order valence-electron chi connectivity index (χ2n) is 8.18. The van der Waals surface area contributed by atoms with E-state index in [1.165, 1.54) is 19.5 Å². The van der Waals surface area contributed by atoms with Gasteiger partial charge in [-0.1, -0.05) is 25.1 Å². The number of carbonyl (C=O) groups excluding carboxylic acids is 1. The Balaban J connectivity index is 1.73. The maximum atomic E-state index is 13.1. The fourth-order valence-electron chi connectivity index (χ4n) is 3.76. The van der Waals surface area contributed by atoms with Crippen LogP contribution in [0.4, 0.5) is 11.6 Å². The van der Waals surface area contributed by atoms with Crippen LogP contribution in [0.1, 0.15) is 29.3 Å². The fraction of sp³-hybridized carbons (Fsp3) is 0.259. The largest absolute Gasteiger partial charge is 0.493 e. The molecule has 192 valence electrons. The third kappa shape index (κ3) is 6.11. The number of methoxy groups -OCH3 is 1. The number of rotatable bonds is 11. The number of anilines is 2. The van der Waals surface area contributed by atoms with Gasteiger partial charge in [-0.25, -0.2) is 10.5 Å². The van der Waals surface area contributed by atoms with E-state index >= 15 is 0 Å². The molecule has 1 amide bonds. The van der Waals surface area contributed by atoms with Crippen molar-refractivity contribution < 1.29 is 19.1 Å². The minimum atomic E-state index is -0.655. The lowest BCUT2D eigenvalue weighted by Crippen LogP contribution is -2.29. The van der Waals surface area contributed by atoms with Crippen LogP contribution in [0.15, 0.2) is 65.7 Å². The molecule has 2 N–H and O–H groups in total. The number of pyridine rings is 1. The normalized spacial score (nSPS) is 10.9.